The Kier molecular flexibility index (Phi) is 8.95. The van der Waals surface area contributed by atoms with Gasteiger partial charge in [0.1, 0.15) is 0 Å². The van der Waals surface area contributed by atoms with E-state index in [2.05, 4.69) is 263 Å². The van der Waals surface area contributed by atoms with E-state index in [1.54, 1.807) is 0 Å². The van der Waals surface area contributed by atoms with E-state index in [1.807, 2.05) is 0 Å². The number of benzene rings is 10. The molecule has 2 aliphatic rings. The van der Waals surface area contributed by atoms with Gasteiger partial charge in [0.25, 0.3) is 0 Å². The Balaban J connectivity index is 1.00. The Morgan fingerprint density at radius 3 is 1.17 bits per heavy atom. The summed E-state index contributed by atoms with van der Waals surface area (Å²) in [6, 6.07) is 89.0. The summed E-state index contributed by atoms with van der Waals surface area (Å²) < 4.78 is 1.08. The fourth-order valence-corrected chi connectivity index (χ4v) is 11.0. The molecule has 0 heterocycles. The highest BCUT2D eigenvalue weighted by atomic mass is 79.9. The zero-order valence-electron chi connectivity index (χ0n) is 34.4. The van der Waals surface area contributed by atoms with Gasteiger partial charge in [-0.1, -0.05) is 216 Å². The fourth-order valence-electron chi connectivity index (χ4n) is 10.5. The lowest BCUT2D eigenvalue weighted by Crippen LogP contribution is -2.25. The number of anilines is 3. The van der Waals surface area contributed by atoms with Crippen LogP contribution in [0, 0.1) is 0 Å². The molecule has 296 valence electrons. The van der Waals surface area contributed by atoms with Crippen molar-refractivity contribution in [2.24, 2.45) is 0 Å². The summed E-state index contributed by atoms with van der Waals surface area (Å²) in [6.45, 7) is 0. The summed E-state index contributed by atoms with van der Waals surface area (Å²) in [6.07, 6.45) is 0. The van der Waals surface area contributed by atoms with Crippen LogP contribution in [0.3, 0.4) is 0 Å². The molecule has 0 aromatic heterocycles. The van der Waals surface area contributed by atoms with E-state index < -0.39 is 0 Å². The van der Waals surface area contributed by atoms with Gasteiger partial charge in [-0.15, -0.1) is 0 Å². The molecule has 0 amide bonds. The maximum atomic E-state index is 3.83. The maximum Gasteiger partial charge on any atom is 0.0725 e. The van der Waals surface area contributed by atoms with Crippen LogP contribution >= 0.6 is 15.9 Å². The second-order valence-corrected chi connectivity index (χ2v) is 17.3. The van der Waals surface area contributed by atoms with Crippen molar-refractivity contribution in [2.75, 3.05) is 4.90 Å². The van der Waals surface area contributed by atoms with Gasteiger partial charge >= 0.3 is 0 Å². The number of nitrogens with zero attached hydrogens (tertiary/aromatic N) is 1. The van der Waals surface area contributed by atoms with Crippen LogP contribution in [-0.4, -0.2) is 0 Å². The highest BCUT2D eigenvalue weighted by Crippen LogP contribution is 2.63. The first-order valence-electron chi connectivity index (χ1n) is 21.6. The van der Waals surface area contributed by atoms with Crippen LogP contribution < -0.4 is 4.90 Å². The Morgan fingerprint density at radius 2 is 0.619 bits per heavy atom. The molecule has 2 heteroatoms. The van der Waals surface area contributed by atoms with Crippen LogP contribution in [0.1, 0.15) is 22.3 Å². The van der Waals surface area contributed by atoms with Crippen molar-refractivity contribution in [2.45, 2.75) is 5.41 Å². The average Bonchev–Trinajstić information content (AvgIpc) is 3.82. The van der Waals surface area contributed by atoms with Crippen LogP contribution in [0.15, 0.2) is 247 Å². The molecule has 0 atom stereocenters. The summed E-state index contributed by atoms with van der Waals surface area (Å²) in [4.78, 5) is 2.41. The van der Waals surface area contributed by atoms with Gasteiger partial charge < -0.3 is 4.90 Å². The number of halogens is 1. The summed E-state index contributed by atoms with van der Waals surface area (Å²) in [5, 5.41) is 0. The third kappa shape index (κ3) is 5.90. The largest absolute Gasteiger partial charge is 0.310 e. The molecule has 0 radical (unpaired) electrons. The van der Waals surface area contributed by atoms with Gasteiger partial charge in [-0.3, -0.25) is 0 Å². The molecular formula is C61H40BrN. The van der Waals surface area contributed by atoms with E-state index in [4.69, 9.17) is 0 Å². The van der Waals surface area contributed by atoms with Gasteiger partial charge in [-0.2, -0.15) is 0 Å². The molecule has 10 aromatic carbocycles. The number of fused-ring (bicyclic) bond motifs is 10. The minimum Gasteiger partial charge on any atom is -0.310 e. The normalized spacial score (nSPS) is 12.7. The minimum absolute atomic E-state index is 0.385. The maximum absolute atomic E-state index is 3.83. The molecule has 0 saturated carbocycles. The van der Waals surface area contributed by atoms with Gasteiger partial charge in [0, 0.05) is 21.5 Å². The van der Waals surface area contributed by atoms with E-state index in [0.29, 0.717) is 0 Å². The van der Waals surface area contributed by atoms with E-state index in [9.17, 15) is 0 Å². The molecule has 12 rings (SSSR count). The van der Waals surface area contributed by atoms with Crippen LogP contribution in [0.4, 0.5) is 17.1 Å². The quantitative estimate of drug-likeness (QED) is 0.154. The standard InChI is InChI=1S/C61H40BrN/c62-60-29-15-11-25-54(60)50-21-7-6-20-49(50)48-19-5-4-18-47(48)43-32-36-45(37-33-43)63(44-34-30-42(31-35-44)41-16-2-1-3-17-41)46-38-39-59-55(40-46)53-24-10-14-28-58(53)61(59)56-26-12-8-22-51(56)52-23-9-13-27-57(52)61/h1-40H. The predicted molar refractivity (Wildman–Crippen MR) is 267 cm³/mol. The van der Waals surface area contributed by atoms with Crippen molar-refractivity contribution in [1.82, 2.24) is 0 Å². The highest BCUT2D eigenvalue weighted by molar-refractivity contribution is 9.10. The number of rotatable bonds is 7. The second-order valence-electron chi connectivity index (χ2n) is 16.5. The molecule has 1 spiro atoms. The highest BCUT2D eigenvalue weighted by Gasteiger charge is 2.51. The first-order chi connectivity index (χ1) is 31.2. The summed E-state index contributed by atoms with van der Waals surface area (Å²) in [7, 11) is 0. The Hall–Kier alpha value is -7.52. The van der Waals surface area contributed by atoms with Crippen molar-refractivity contribution < 1.29 is 0 Å². The molecule has 0 bridgehead atoms. The third-order valence-corrected chi connectivity index (χ3v) is 13.9. The summed E-state index contributed by atoms with van der Waals surface area (Å²) in [5.74, 6) is 0. The van der Waals surface area contributed by atoms with Gasteiger partial charge in [-0.25, -0.2) is 0 Å². The van der Waals surface area contributed by atoms with Crippen molar-refractivity contribution in [3.63, 3.8) is 0 Å². The van der Waals surface area contributed by atoms with E-state index in [-0.39, 0.29) is 5.41 Å². The molecule has 10 aromatic rings. The predicted octanol–water partition coefficient (Wildman–Crippen LogP) is 16.9. The van der Waals surface area contributed by atoms with Crippen LogP contribution in [-0.2, 0) is 5.41 Å². The molecule has 0 saturated heterocycles. The summed E-state index contributed by atoms with van der Waals surface area (Å²) >= 11 is 3.83. The average molecular weight is 867 g/mol. The topological polar surface area (TPSA) is 3.24 Å². The van der Waals surface area contributed by atoms with Gasteiger partial charge in [-0.05, 0) is 131 Å². The third-order valence-electron chi connectivity index (χ3n) is 13.2. The van der Waals surface area contributed by atoms with E-state index >= 15 is 0 Å². The second kappa shape index (κ2) is 15.1. The zero-order valence-corrected chi connectivity index (χ0v) is 36.0. The lowest BCUT2D eigenvalue weighted by Gasteiger charge is -2.31. The summed E-state index contributed by atoms with van der Waals surface area (Å²) in [5.41, 5.74) is 23.0. The van der Waals surface area contributed by atoms with Crippen molar-refractivity contribution in [3.8, 4) is 66.8 Å². The zero-order chi connectivity index (χ0) is 41.9. The Morgan fingerprint density at radius 1 is 0.254 bits per heavy atom. The first-order valence-corrected chi connectivity index (χ1v) is 22.4. The van der Waals surface area contributed by atoms with Crippen LogP contribution in [0.5, 0.6) is 0 Å². The van der Waals surface area contributed by atoms with E-state index in [1.165, 1.54) is 89.0 Å². The molecule has 0 N–H and O–H groups in total. The molecule has 2 aliphatic carbocycles. The fraction of sp³-hybridized carbons (Fsp3) is 0.0164. The molecule has 0 fully saturated rings. The Labute approximate surface area is 377 Å². The lowest BCUT2D eigenvalue weighted by molar-refractivity contribution is 0.794. The monoisotopic (exact) mass is 865 g/mol. The SMILES string of the molecule is Brc1ccccc1-c1ccccc1-c1ccccc1-c1ccc(N(c2ccc(-c3ccccc3)cc2)c2ccc3c(c2)-c2ccccc2C32c3ccccc3-c3ccccc32)cc1. The first kappa shape index (κ1) is 37.3. The molecule has 0 aliphatic heterocycles. The van der Waals surface area contributed by atoms with E-state index in [0.717, 1.165) is 21.5 Å². The number of hydrogen-bond acceptors (Lipinski definition) is 1. The molecular weight excluding hydrogens is 827 g/mol. The smallest absolute Gasteiger partial charge is 0.0725 e. The van der Waals surface area contributed by atoms with Crippen molar-refractivity contribution in [3.05, 3.63) is 269 Å². The lowest BCUT2D eigenvalue weighted by atomic mass is 9.70. The molecule has 1 nitrogen and oxygen atoms in total. The van der Waals surface area contributed by atoms with Crippen molar-refractivity contribution in [1.29, 1.82) is 0 Å². The van der Waals surface area contributed by atoms with Crippen molar-refractivity contribution >= 4 is 33.0 Å². The molecule has 0 unspecified atom stereocenters. The van der Waals surface area contributed by atoms with Gasteiger partial charge in [0.05, 0.1) is 5.41 Å². The van der Waals surface area contributed by atoms with Gasteiger partial charge in [0.15, 0.2) is 0 Å². The van der Waals surface area contributed by atoms with Gasteiger partial charge in [0.2, 0.25) is 0 Å². The minimum atomic E-state index is -0.385. The number of hydrogen-bond donors (Lipinski definition) is 0. The van der Waals surface area contributed by atoms with Crippen LogP contribution in [0.2, 0.25) is 0 Å². The Bertz CT molecular complexity index is 3300. The van der Waals surface area contributed by atoms with Crippen LogP contribution in [0.25, 0.3) is 66.8 Å². The molecule has 63 heavy (non-hydrogen) atoms.